The van der Waals surface area contributed by atoms with Gasteiger partial charge in [-0.05, 0) is 54.7 Å². The van der Waals surface area contributed by atoms with Gasteiger partial charge in [-0.15, -0.1) is 0 Å². The molecule has 0 fully saturated rings. The van der Waals surface area contributed by atoms with Gasteiger partial charge in [0.15, 0.2) is 5.78 Å². The number of rotatable bonds is 4. The minimum absolute atomic E-state index is 0.0168. The third kappa shape index (κ3) is 3.81. The summed E-state index contributed by atoms with van der Waals surface area (Å²) >= 11 is 0. The van der Waals surface area contributed by atoms with Crippen molar-refractivity contribution >= 4 is 11.8 Å². The van der Waals surface area contributed by atoms with Crippen molar-refractivity contribution in [3.8, 4) is 11.5 Å². The van der Waals surface area contributed by atoms with Crippen molar-refractivity contribution in [2.75, 3.05) is 14.2 Å². The van der Waals surface area contributed by atoms with E-state index in [4.69, 9.17) is 9.47 Å². The average Bonchev–Trinajstić information content (AvgIpc) is 2.77. The van der Waals surface area contributed by atoms with Gasteiger partial charge in [0.1, 0.15) is 11.5 Å². The number of nitrogens with one attached hydrogen (secondary N) is 1. The predicted molar refractivity (Wildman–Crippen MR) is 116 cm³/mol. The number of dihydropyridines is 1. The Morgan fingerprint density at radius 2 is 1.81 bits per heavy atom. The van der Waals surface area contributed by atoms with Crippen LogP contribution < -0.4 is 10.1 Å². The van der Waals surface area contributed by atoms with Crippen molar-refractivity contribution in [1.82, 2.24) is 5.32 Å². The number of esters is 1. The van der Waals surface area contributed by atoms with Gasteiger partial charge in [-0.25, -0.2) is 4.79 Å². The second-order valence-corrected chi connectivity index (χ2v) is 7.88. The smallest absolute Gasteiger partial charge is 0.336 e. The molecule has 2 atom stereocenters. The van der Waals surface area contributed by atoms with Crippen LogP contribution in [0.5, 0.6) is 11.5 Å². The highest BCUT2D eigenvalue weighted by atomic mass is 16.5. The summed E-state index contributed by atoms with van der Waals surface area (Å²) in [7, 11) is 2.95. The standard InChI is InChI=1S/C25H25NO5/c1-14-22(25(29)31-3)23(16-5-4-6-18(27)11-16)24-20(26-14)12-17(13-21(24)28)15-7-9-19(30-2)10-8-15/h4-11,17,23,26-27H,12-13H2,1-3H3/t17-,23+/m1/s1. The molecule has 1 aliphatic carbocycles. The summed E-state index contributed by atoms with van der Waals surface area (Å²) in [6, 6.07) is 14.5. The number of allylic oxidation sites excluding steroid dienone is 3. The van der Waals surface area contributed by atoms with Crippen molar-refractivity contribution in [2.24, 2.45) is 0 Å². The summed E-state index contributed by atoms with van der Waals surface area (Å²) in [5.41, 5.74) is 4.18. The van der Waals surface area contributed by atoms with Crippen LogP contribution in [0.2, 0.25) is 0 Å². The summed E-state index contributed by atoms with van der Waals surface area (Å²) in [5, 5.41) is 13.3. The number of hydrogen-bond donors (Lipinski definition) is 2. The van der Waals surface area contributed by atoms with Gasteiger partial charge in [-0.2, -0.15) is 0 Å². The molecule has 0 aromatic heterocycles. The minimum atomic E-state index is -0.583. The number of methoxy groups -OCH3 is 2. The summed E-state index contributed by atoms with van der Waals surface area (Å²) in [6.45, 7) is 1.81. The van der Waals surface area contributed by atoms with E-state index in [2.05, 4.69) is 5.32 Å². The molecule has 31 heavy (non-hydrogen) atoms. The maximum Gasteiger partial charge on any atom is 0.336 e. The van der Waals surface area contributed by atoms with Gasteiger partial charge in [0.05, 0.1) is 19.8 Å². The number of ether oxygens (including phenoxy) is 2. The largest absolute Gasteiger partial charge is 0.508 e. The second-order valence-electron chi connectivity index (χ2n) is 7.88. The number of phenols is 1. The van der Waals surface area contributed by atoms with Crippen LogP contribution in [0.4, 0.5) is 0 Å². The molecule has 0 amide bonds. The van der Waals surface area contributed by atoms with Gasteiger partial charge in [0.2, 0.25) is 0 Å². The Labute approximate surface area is 181 Å². The van der Waals surface area contributed by atoms with Gasteiger partial charge < -0.3 is 19.9 Å². The molecule has 0 saturated heterocycles. The summed E-state index contributed by atoms with van der Waals surface area (Å²) in [4.78, 5) is 26.1. The van der Waals surface area contributed by atoms with Gasteiger partial charge in [-0.3, -0.25) is 4.79 Å². The lowest BCUT2D eigenvalue weighted by molar-refractivity contribution is -0.136. The zero-order chi connectivity index (χ0) is 22.1. The first-order valence-electron chi connectivity index (χ1n) is 10.2. The van der Waals surface area contributed by atoms with Crippen LogP contribution in [0.3, 0.4) is 0 Å². The van der Waals surface area contributed by atoms with E-state index >= 15 is 0 Å². The van der Waals surface area contributed by atoms with E-state index in [9.17, 15) is 14.7 Å². The molecular weight excluding hydrogens is 394 g/mol. The first-order chi connectivity index (χ1) is 14.9. The van der Waals surface area contributed by atoms with Crippen molar-refractivity contribution in [3.05, 3.63) is 82.2 Å². The lowest BCUT2D eigenvalue weighted by Crippen LogP contribution is -2.36. The number of aromatic hydroxyl groups is 1. The van der Waals surface area contributed by atoms with Crippen molar-refractivity contribution in [3.63, 3.8) is 0 Å². The molecule has 160 valence electrons. The normalized spacial score (nSPS) is 20.8. The van der Waals surface area contributed by atoms with Gasteiger partial charge in [0.25, 0.3) is 0 Å². The van der Waals surface area contributed by atoms with Crippen molar-refractivity contribution in [1.29, 1.82) is 0 Å². The van der Waals surface area contributed by atoms with Crippen LogP contribution in [0.15, 0.2) is 71.1 Å². The van der Waals surface area contributed by atoms with Gasteiger partial charge in [-0.1, -0.05) is 24.3 Å². The molecule has 0 bridgehead atoms. The lowest BCUT2D eigenvalue weighted by Gasteiger charge is -2.36. The molecular formula is C25H25NO5. The second kappa shape index (κ2) is 8.30. The van der Waals surface area contributed by atoms with Crippen molar-refractivity contribution < 1.29 is 24.2 Å². The number of Topliss-reactive ketones (excluding diaryl/α,β-unsaturated/α-hetero) is 1. The van der Waals surface area contributed by atoms with E-state index in [0.717, 1.165) is 17.0 Å². The monoisotopic (exact) mass is 419 g/mol. The quantitative estimate of drug-likeness (QED) is 0.731. The minimum Gasteiger partial charge on any atom is -0.508 e. The van der Waals surface area contributed by atoms with Crippen LogP contribution >= 0.6 is 0 Å². The Hall–Kier alpha value is -3.54. The first kappa shape index (κ1) is 20.7. The predicted octanol–water partition coefficient (Wildman–Crippen LogP) is 3.94. The van der Waals surface area contributed by atoms with Crippen molar-refractivity contribution in [2.45, 2.75) is 31.6 Å². The summed E-state index contributed by atoms with van der Waals surface area (Å²) in [5.74, 6) is -0.208. The molecule has 2 N–H and O–H groups in total. The van der Waals surface area contributed by atoms with E-state index in [0.29, 0.717) is 35.2 Å². The summed E-state index contributed by atoms with van der Waals surface area (Å²) < 4.78 is 10.3. The Bertz CT molecular complexity index is 1100. The zero-order valence-electron chi connectivity index (χ0n) is 17.8. The van der Waals surface area contributed by atoms with E-state index in [-0.39, 0.29) is 17.5 Å². The first-order valence-corrected chi connectivity index (χ1v) is 10.2. The third-order valence-corrected chi connectivity index (χ3v) is 6.02. The fourth-order valence-electron chi connectivity index (χ4n) is 4.57. The van der Waals surface area contributed by atoms with Crippen LogP contribution in [-0.4, -0.2) is 31.1 Å². The Balaban J connectivity index is 1.78. The van der Waals surface area contributed by atoms with Crippen LogP contribution in [0.1, 0.15) is 42.7 Å². The lowest BCUT2D eigenvalue weighted by atomic mass is 9.71. The maximum absolute atomic E-state index is 13.4. The fourth-order valence-corrected chi connectivity index (χ4v) is 4.57. The highest BCUT2D eigenvalue weighted by Gasteiger charge is 2.41. The van der Waals surface area contributed by atoms with Crippen LogP contribution in [-0.2, 0) is 14.3 Å². The molecule has 0 unspecified atom stereocenters. The number of carbonyl (C=O) groups excluding carboxylic acids is 2. The molecule has 2 aromatic rings. The van der Waals surface area contributed by atoms with Crippen LogP contribution in [0, 0.1) is 0 Å². The van der Waals surface area contributed by atoms with E-state index < -0.39 is 11.9 Å². The number of phenolic OH excluding ortho intramolecular Hbond substituents is 1. The Kier molecular flexibility index (Phi) is 5.55. The topological polar surface area (TPSA) is 84.9 Å². The van der Waals surface area contributed by atoms with E-state index in [1.54, 1.807) is 25.3 Å². The van der Waals surface area contributed by atoms with Gasteiger partial charge in [0, 0.05) is 29.3 Å². The Morgan fingerprint density at radius 1 is 1.06 bits per heavy atom. The molecule has 1 heterocycles. The molecule has 0 radical (unpaired) electrons. The molecule has 2 aromatic carbocycles. The average molecular weight is 419 g/mol. The number of hydrogen-bond acceptors (Lipinski definition) is 6. The molecule has 4 rings (SSSR count). The number of ketones is 1. The third-order valence-electron chi connectivity index (χ3n) is 6.02. The summed E-state index contributed by atoms with van der Waals surface area (Å²) in [6.07, 6.45) is 0.990. The highest BCUT2D eigenvalue weighted by Crippen LogP contribution is 2.46. The van der Waals surface area contributed by atoms with Crippen LogP contribution in [0.25, 0.3) is 0 Å². The molecule has 0 spiro atoms. The molecule has 6 heteroatoms. The molecule has 6 nitrogen and oxygen atoms in total. The Morgan fingerprint density at radius 3 is 2.45 bits per heavy atom. The number of benzene rings is 2. The fraction of sp³-hybridized carbons (Fsp3) is 0.280. The highest BCUT2D eigenvalue weighted by molar-refractivity contribution is 6.04. The van der Waals surface area contributed by atoms with Gasteiger partial charge >= 0.3 is 5.97 Å². The molecule has 2 aliphatic rings. The maximum atomic E-state index is 13.4. The van der Waals surface area contributed by atoms with E-state index in [1.165, 1.54) is 7.11 Å². The molecule has 1 aliphatic heterocycles. The van der Waals surface area contributed by atoms with E-state index in [1.807, 2.05) is 37.3 Å². The zero-order valence-corrected chi connectivity index (χ0v) is 17.8. The molecule has 0 saturated carbocycles. The number of carbonyl (C=O) groups is 2. The SMILES string of the molecule is COC(=O)C1=C(C)NC2=C(C(=O)C[C@H](c3ccc(OC)cc3)C2)[C@H]1c1cccc(O)c1.